The van der Waals surface area contributed by atoms with E-state index in [1.54, 1.807) is 19.4 Å². The predicted molar refractivity (Wildman–Crippen MR) is 107 cm³/mol. The number of carbonyl (C=O) groups excluding carboxylic acids is 1. The molecule has 0 aliphatic carbocycles. The molecule has 136 valence electrons. The van der Waals surface area contributed by atoms with Gasteiger partial charge < -0.3 is 14.8 Å². The Balaban J connectivity index is 1.59. The van der Waals surface area contributed by atoms with Crippen LogP contribution >= 0.6 is 22.9 Å². The normalized spacial score (nSPS) is 14.1. The number of hydrogen-bond donors (Lipinski definition) is 1. The molecule has 0 unspecified atom stereocenters. The van der Waals surface area contributed by atoms with Crippen LogP contribution in [0.5, 0.6) is 11.5 Å². The lowest BCUT2D eigenvalue weighted by Gasteiger charge is -2.10. The van der Waals surface area contributed by atoms with Crippen molar-refractivity contribution in [1.82, 2.24) is 4.98 Å². The van der Waals surface area contributed by atoms with Crippen molar-refractivity contribution in [2.45, 2.75) is 6.61 Å². The lowest BCUT2D eigenvalue weighted by Crippen LogP contribution is -2.03. The smallest absolute Gasteiger partial charge is 0.256 e. The summed E-state index contributed by atoms with van der Waals surface area (Å²) < 4.78 is 11.8. The number of ether oxygens (including phenoxy) is 2. The Kier molecular flexibility index (Phi) is 4.83. The molecule has 1 aromatic heterocycles. The van der Waals surface area contributed by atoms with Gasteiger partial charge in [-0.1, -0.05) is 29.8 Å². The van der Waals surface area contributed by atoms with Crippen molar-refractivity contribution < 1.29 is 14.3 Å². The number of anilines is 1. The minimum atomic E-state index is -0.124. The number of nitrogens with zero attached hydrogens (tertiary/aromatic N) is 1. The number of methoxy groups -OCH3 is 1. The van der Waals surface area contributed by atoms with Gasteiger partial charge >= 0.3 is 0 Å². The average molecular weight is 399 g/mol. The van der Waals surface area contributed by atoms with Crippen LogP contribution in [0.3, 0.4) is 0 Å². The first kappa shape index (κ1) is 17.6. The van der Waals surface area contributed by atoms with E-state index in [1.165, 1.54) is 11.3 Å². The molecule has 1 aliphatic rings. The molecule has 2 aromatic carbocycles. The molecule has 4 rings (SSSR count). The molecule has 1 amide bonds. The second-order valence-corrected chi connectivity index (χ2v) is 7.53. The molecular weight excluding hydrogens is 384 g/mol. The van der Waals surface area contributed by atoms with E-state index in [9.17, 15) is 4.79 Å². The van der Waals surface area contributed by atoms with E-state index in [0.29, 0.717) is 28.1 Å². The highest BCUT2D eigenvalue weighted by molar-refractivity contribution is 7.15. The SMILES string of the molecule is COc1cc(OCc2cnc(Cl)s2)ccc1C=C1C(=O)Nc2ccccc21. The van der Waals surface area contributed by atoms with Crippen molar-refractivity contribution in [1.29, 1.82) is 0 Å². The first-order chi connectivity index (χ1) is 13.1. The molecule has 2 heterocycles. The number of rotatable bonds is 5. The summed E-state index contributed by atoms with van der Waals surface area (Å²) in [6, 6.07) is 13.1. The Bertz CT molecular complexity index is 1050. The second-order valence-electron chi connectivity index (χ2n) is 5.83. The standard InChI is InChI=1S/C20H15ClN2O3S/c1-25-18-9-13(26-11-14-10-22-20(21)27-14)7-6-12(18)8-16-15-4-2-3-5-17(15)23-19(16)24/h2-10H,11H2,1H3,(H,23,24). The van der Waals surface area contributed by atoms with E-state index in [0.717, 1.165) is 21.7 Å². The van der Waals surface area contributed by atoms with Crippen LogP contribution in [-0.2, 0) is 11.4 Å². The number of nitrogens with one attached hydrogen (secondary N) is 1. The predicted octanol–water partition coefficient (Wildman–Crippen LogP) is 4.88. The molecule has 0 saturated heterocycles. The van der Waals surface area contributed by atoms with Gasteiger partial charge in [-0.15, -0.1) is 11.3 Å². The second kappa shape index (κ2) is 7.42. The molecule has 0 bridgehead atoms. The zero-order valence-corrected chi connectivity index (χ0v) is 15.9. The molecule has 3 aromatic rings. The van der Waals surface area contributed by atoms with Crippen LogP contribution in [-0.4, -0.2) is 18.0 Å². The number of fused-ring (bicyclic) bond motifs is 1. The fourth-order valence-electron chi connectivity index (χ4n) is 2.84. The number of thiazole rings is 1. The summed E-state index contributed by atoms with van der Waals surface area (Å²) in [6.07, 6.45) is 3.52. The summed E-state index contributed by atoms with van der Waals surface area (Å²) in [4.78, 5) is 17.2. The number of hydrogen-bond acceptors (Lipinski definition) is 5. The minimum absolute atomic E-state index is 0.124. The molecule has 0 atom stereocenters. The van der Waals surface area contributed by atoms with E-state index in [2.05, 4.69) is 10.3 Å². The Morgan fingerprint density at radius 3 is 2.89 bits per heavy atom. The monoisotopic (exact) mass is 398 g/mol. The Hall–Kier alpha value is -2.83. The van der Waals surface area contributed by atoms with E-state index >= 15 is 0 Å². The highest BCUT2D eigenvalue weighted by atomic mass is 35.5. The van der Waals surface area contributed by atoms with Gasteiger partial charge in [0.05, 0.1) is 12.0 Å². The fraction of sp³-hybridized carbons (Fsp3) is 0.100. The number of amides is 1. The topological polar surface area (TPSA) is 60.5 Å². The highest BCUT2D eigenvalue weighted by Gasteiger charge is 2.23. The van der Waals surface area contributed by atoms with E-state index in [1.807, 2.05) is 42.5 Å². The largest absolute Gasteiger partial charge is 0.496 e. The van der Waals surface area contributed by atoms with Gasteiger partial charge in [-0.2, -0.15) is 0 Å². The highest BCUT2D eigenvalue weighted by Crippen LogP contribution is 2.35. The summed E-state index contributed by atoms with van der Waals surface area (Å²) in [7, 11) is 1.59. The van der Waals surface area contributed by atoms with Crippen LogP contribution in [0.15, 0.2) is 48.7 Å². The molecule has 7 heteroatoms. The number of halogens is 1. The van der Waals surface area contributed by atoms with Crippen molar-refractivity contribution in [2.24, 2.45) is 0 Å². The van der Waals surface area contributed by atoms with Gasteiger partial charge in [-0.05, 0) is 24.3 Å². The van der Waals surface area contributed by atoms with Gasteiger partial charge in [0.15, 0.2) is 4.47 Å². The van der Waals surface area contributed by atoms with Crippen molar-refractivity contribution in [3.63, 3.8) is 0 Å². The average Bonchev–Trinajstić information content (AvgIpc) is 3.24. The van der Waals surface area contributed by atoms with Crippen molar-refractivity contribution >= 4 is 46.2 Å². The first-order valence-electron chi connectivity index (χ1n) is 8.17. The van der Waals surface area contributed by atoms with Gasteiger partial charge in [0.1, 0.15) is 18.1 Å². The molecule has 0 radical (unpaired) electrons. The summed E-state index contributed by atoms with van der Waals surface area (Å²) in [5, 5.41) is 2.87. The van der Waals surface area contributed by atoms with E-state index in [4.69, 9.17) is 21.1 Å². The zero-order valence-electron chi connectivity index (χ0n) is 14.4. The number of benzene rings is 2. The van der Waals surface area contributed by atoms with Gasteiger partial charge in [-0.25, -0.2) is 4.98 Å². The van der Waals surface area contributed by atoms with Crippen LogP contribution in [0.1, 0.15) is 16.0 Å². The molecule has 0 spiro atoms. The lowest BCUT2D eigenvalue weighted by molar-refractivity contribution is -0.110. The molecule has 0 saturated carbocycles. The summed E-state index contributed by atoms with van der Waals surface area (Å²) in [6.45, 7) is 0.379. The molecule has 1 aliphatic heterocycles. The Morgan fingerprint density at radius 1 is 1.26 bits per heavy atom. The van der Waals surface area contributed by atoms with Crippen LogP contribution < -0.4 is 14.8 Å². The quantitative estimate of drug-likeness (QED) is 0.622. The fourth-order valence-corrected chi connectivity index (χ4v) is 3.73. The Labute approximate surface area is 165 Å². The zero-order chi connectivity index (χ0) is 18.8. The third-order valence-electron chi connectivity index (χ3n) is 4.12. The molecule has 5 nitrogen and oxygen atoms in total. The number of carbonyl (C=O) groups is 1. The lowest BCUT2D eigenvalue weighted by atomic mass is 10.0. The maximum Gasteiger partial charge on any atom is 0.256 e. The molecule has 0 fully saturated rings. The number of para-hydroxylation sites is 1. The van der Waals surface area contributed by atoms with Crippen molar-refractivity contribution in [3.05, 3.63) is 69.1 Å². The van der Waals surface area contributed by atoms with Gasteiger partial charge in [0.2, 0.25) is 0 Å². The molecule has 1 N–H and O–H groups in total. The minimum Gasteiger partial charge on any atom is -0.496 e. The molecular formula is C20H15ClN2O3S. The third kappa shape index (κ3) is 3.67. The van der Waals surface area contributed by atoms with Gasteiger partial charge in [0.25, 0.3) is 5.91 Å². The summed E-state index contributed by atoms with van der Waals surface area (Å²) in [5.74, 6) is 1.16. The van der Waals surface area contributed by atoms with E-state index in [-0.39, 0.29) is 5.91 Å². The van der Waals surface area contributed by atoms with Crippen molar-refractivity contribution in [2.75, 3.05) is 12.4 Å². The van der Waals surface area contributed by atoms with Crippen molar-refractivity contribution in [3.8, 4) is 11.5 Å². The van der Waals surface area contributed by atoms with Crippen LogP contribution in [0, 0.1) is 0 Å². The van der Waals surface area contributed by atoms with E-state index < -0.39 is 0 Å². The maximum atomic E-state index is 12.3. The first-order valence-corrected chi connectivity index (χ1v) is 9.37. The van der Waals surface area contributed by atoms with Crippen LogP contribution in [0.2, 0.25) is 4.47 Å². The van der Waals surface area contributed by atoms with Crippen LogP contribution in [0.4, 0.5) is 5.69 Å². The number of aromatic nitrogens is 1. The molecule has 27 heavy (non-hydrogen) atoms. The summed E-state index contributed by atoms with van der Waals surface area (Å²) >= 11 is 7.21. The van der Waals surface area contributed by atoms with Crippen LogP contribution in [0.25, 0.3) is 11.6 Å². The van der Waals surface area contributed by atoms with Gasteiger partial charge in [0, 0.05) is 34.7 Å². The van der Waals surface area contributed by atoms with Gasteiger partial charge in [-0.3, -0.25) is 4.79 Å². The maximum absolute atomic E-state index is 12.3. The summed E-state index contributed by atoms with van der Waals surface area (Å²) in [5.41, 5.74) is 3.10. The Morgan fingerprint density at radius 2 is 2.11 bits per heavy atom. The third-order valence-corrected chi connectivity index (χ3v) is 5.21.